The number of halogens is 3. The summed E-state index contributed by atoms with van der Waals surface area (Å²) in [5.41, 5.74) is 3.89. The van der Waals surface area contributed by atoms with Crippen LogP contribution in [0, 0.1) is 5.82 Å². The molecule has 0 saturated carbocycles. The molecule has 0 amide bonds. The highest BCUT2D eigenvalue weighted by molar-refractivity contribution is 6.39. The first-order valence-electron chi connectivity index (χ1n) is 7.36. The molecule has 1 aliphatic carbocycles. The van der Waals surface area contributed by atoms with E-state index < -0.39 is 5.82 Å². The lowest BCUT2D eigenvalue weighted by Crippen LogP contribution is -2.12. The number of fused-ring (bicyclic) bond motifs is 2. The van der Waals surface area contributed by atoms with Gasteiger partial charge >= 0.3 is 0 Å². The molecule has 2 nitrogen and oxygen atoms in total. The van der Waals surface area contributed by atoms with E-state index in [2.05, 4.69) is 17.2 Å². The van der Waals surface area contributed by atoms with Crippen LogP contribution in [0.2, 0.25) is 10.0 Å². The fourth-order valence-electron chi connectivity index (χ4n) is 2.93. The minimum atomic E-state index is -0.567. The minimum Gasteiger partial charge on any atom is -0.384 e. The van der Waals surface area contributed by atoms with E-state index in [-0.39, 0.29) is 10.0 Å². The van der Waals surface area contributed by atoms with E-state index in [4.69, 9.17) is 23.2 Å². The van der Waals surface area contributed by atoms with Gasteiger partial charge in [-0.1, -0.05) is 30.1 Å². The molecule has 3 rings (SSSR count). The molecule has 0 atom stereocenters. The Morgan fingerprint density at radius 3 is 2.81 bits per heavy atom. The molecule has 1 heterocycles. The molecule has 1 aromatic carbocycles. The summed E-state index contributed by atoms with van der Waals surface area (Å²) in [6, 6.07) is 1.57. The Kier molecular flexibility index (Phi) is 4.23. The fraction of sp³-hybridized carbons (Fsp3) is 0.438. The molecular weight excluding hydrogens is 310 g/mol. The molecule has 1 aliphatic rings. The number of aromatic nitrogens is 1. The monoisotopic (exact) mass is 326 g/mol. The Morgan fingerprint density at radius 2 is 2.05 bits per heavy atom. The predicted octanol–water partition coefficient (Wildman–Crippen LogP) is 5.38. The predicted molar refractivity (Wildman–Crippen MR) is 87.1 cm³/mol. The van der Waals surface area contributed by atoms with Crippen LogP contribution in [-0.4, -0.2) is 11.5 Å². The summed E-state index contributed by atoms with van der Waals surface area (Å²) in [7, 11) is 0. The summed E-state index contributed by atoms with van der Waals surface area (Å²) in [6.07, 6.45) is 5.19. The number of hydrogen-bond acceptors (Lipinski definition) is 2. The Bertz CT molecular complexity index is 701. The van der Waals surface area contributed by atoms with Gasteiger partial charge in [-0.25, -0.2) is 4.39 Å². The number of hydrogen-bond donors (Lipinski definition) is 1. The van der Waals surface area contributed by atoms with E-state index in [0.29, 0.717) is 10.9 Å². The van der Waals surface area contributed by atoms with Gasteiger partial charge in [-0.15, -0.1) is 0 Å². The maximum absolute atomic E-state index is 14.1. The van der Waals surface area contributed by atoms with Crippen molar-refractivity contribution in [3.8, 4) is 0 Å². The second-order valence-electron chi connectivity index (χ2n) is 5.43. The van der Waals surface area contributed by atoms with Crippen molar-refractivity contribution in [3.05, 3.63) is 33.2 Å². The molecular formula is C16H17Cl2FN2. The van der Waals surface area contributed by atoms with Crippen molar-refractivity contribution in [1.29, 1.82) is 0 Å². The summed E-state index contributed by atoms with van der Waals surface area (Å²) in [5.74, 6) is -0.567. The molecule has 0 radical (unpaired) electrons. The number of nitrogens with zero attached hydrogens (tertiary/aromatic N) is 1. The van der Waals surface area contributed by atoms with E-state index in [0.717, 1.165) is 50.0 Å². The van der Waals surface area contributed by atoms with Gasteiger partial charge in [0, 0.05) is 17.6 Å². The van der Waals surface area contributed by atoms with Gasteiger partial charge in [0.1, 0.15) is 0 Å². The molecule has 0 aliphatic heterocycles. The summed E-state index contributed by atoms with van der Waals surface area (Å²) in [4.78, 5) is 4.67. The smallest absolute Gasteiger partial charge is 0.161 e. The van der Waals surface area contributed by atoms with Gasteiger partial charge in [-0.05, 0) is 43.7 Å². The number of aryl methyl sites for hydroxylation is 1. The third-order valence-electron chi connectivity index (χ3n) is 3.94. The van der Waals surface area contributed by atoms with Gasteiger partial charge in [0.25, 0.3) is 0 Å². The lowest BCUT2D eigenvalue weighted by Gasteiger charge is -2.22. The van der Waals surface area contributed by atoms with Crippen LogP contribution in [-0.2, 0) is 12.8 Å². The van der Waals surface area contributed by atoms with Crippen LogP contribution in [0.3, 0.4) is 0 Å². The number of anilines is 1. The normalized spacial score (nSPS) is 14.3. The van der Waals surface area contributed by atoms with E-state index in [1.54, 1.807) is 6.07 Å². The van der Waals surface area contributed by atoms with Crippen LogP contribution in [0.5, 0.6) is 0 Å². The second kappa shape index (κ2) is 5.98. The van der Waals surface area contributed by atoms with Crippen LogP contribution < -0.4 is 5.32 Å². The first kappa shape index (κ1) is 14.9. The fourth-order valence-corrected chi connectivity index (χ4v) is 3.47. The SMILES string of the molecule is CCCNc1c2c(nc3cc(Cl)c(F)c(Cl)c13)CCCC2. The first-order chi connectivity index (χ1) is 10.1. The highest BCUT2D eigenvalue weighted by Gasteiger charge is 2.22. The Labute approximate surface area is 133 Å². The average Bonchev–Trinajstić information content (AvgIpc) is 2.49. The van der Waals surface area contributed by atoms with Crippen molar-refractivity contribution >= 4 is 39.8 Å². The minimum absolute atomic E-state index is 0.0252. The topological polar surface area (TPSA) is 24.9 Å². The van der Waals surface area contributed by atoms with Gasteiger partial charge in [0.2, 0.25) is 0 Å². The third kappa shape index (κ3) is 2.58. The molecule has 21 heavy (non-hydrogen) atoms. The number of nitrogens with one attached hydrogen (secondary N) is 1. The third-order valence-corrected chi connectivity index (χ3v) is 4.57. The Morgan fingerprint density at radius 1 is 1.29 bits per heavy atom. The zero-order valence-electron chi connectivity index (χ0n) is 11.9. The van der Waals surface area contributed by atoms with E-state index in [9.17, 15) is 4.39 Å². The number of benzene rings is 1. The van der Waals surface area contributed by atoms with Crippen LogP contribution >= 0.6 is 23.2 Å². The molecule has 1 aromatic heterocycles. The highest BCUT2D eigenvalue weighted by Crippen LogP contribution is 2.40. The summed E-state index contributed by atoms with van der Waals surface area (Å²) >= 11 is 12.1. The second-order valence-corrected chi connectivity index (χ2v) is 6.21. The van der Waals surface area contributed by atoms with Gasteiger partial charge in [-0.3, -0.25) is 4.98 Å². The molecule has 5 heteroatoms. The molecule has 0 unspecified atom stereocenters. The highest BCUT2D eigenvalue weighted by atomic mass is 35.5. The van der Waals surface area contributed by atoms with Crippen LogP contribution in [0.25, 0.3) is 10.9 Å². The lowest BCUT2D eigenvalue weighted by atomic mass is 9.92. The maximum Gasteiger partial charge on any atom is 0.161 e. The van der Waals surface area contributed by atoms with E-state index in [1.165, 1.54) is 5.56 Å². The molecule has 2 aromatic rings. The van der Waals surface area contributed by atoms with Crippen LogP contribution in [0.15, 0.2) is 6.07 Å². The van der Waals surface area contributed by atoms with Gasteiger partial charge < -0.3 is 5.32 Å². The molecule has 1 N–H and O–H groups in total. The number of pyridine rings is 1. The van der Waals surface area contributed by atoms with Gasteiger partial charge in [-0.2, -0.15) is 0 Å². The zero-order valence-corrected chi connectivity index (χ0v) is 13.4. The molecule has 0 saturated heterocycles. The first-order valence-corrected chi connectivity index (χ1v) is 8.12. The summed E-state index contributed by atoms with van der Waals surface area (Å²) < 4.78 is 14.1. The van der Waals surface area contributed by atoms with Gasteiger partial charge in [0.05, 0.1) is 21.2 Å². The molecule has 0 bridgehead atoms. The van der Waals surface area contributed by atoms with Crippen molar-refractivity contribution < 1.29 is 4.39 Å². The van der Waals surface area contributed by atoms with Crippen LogP contribution in [0.1, 0.15) is 37.4 Å². The standard InChI is InChI=1S/C16H17Cl2FN2/c1-2-7-20-16-9-5-3-4-6-11(9)21-12-8-10(17)15(19)14(18)13(12)16/h8H,2-7H2,1H3,(H,20,21). The largest absolute Gasteiger partial charge is 0.384 e. The van der Waals surface area contributed by atoms with Crippen molar-refractivity contribution in [3.63, 3.8) is 0 Å². The Balaban J connectivity index is 2.32. The lowest BCUT2D eigenvalue weighted by molar-refractivity contribution is 0.630. The average molecular weight is 327 g/mol. The molecule has 0 fully saturated rings. The van der Waals surface area contributed by atoms with Crippen molar-refractivity contribution in [2.24, 2.45) is 0 Å². The van der Waals surface area contributed by atoms with Crippen LogP contribution in [0.4, 0.5) is 10.1 Å². The van der Waals surface area contributed by atoms with E-state index in [1.807, 2.05) is 0 Å². The summed E-state index contributed by atoms with van der Waals surface area (Å²) in [5, 5.41) is 4.17. The van der Waals surface area contributed by atoms with Crippen molar-refractivity contribution in [2.75, 3.05) is 11.9 Å². The molecule has 112 valence electrons. The quantitative estimate of drug-likeness (QED) is 0.766. The van der Waals surface area contributed by atoms with Crippen molar-refractivity contribution in [1.82, 2.24) is 4.98 Å². The maximum atomic E-state index is 14.1. The van der Waals surface area contributed by atoms with Crippen molar-refractivity contribution in [2.45, 2.75) is 39.0 Å². The van der Waals surface area contributed by atoms with E-state index >= 15 is 0 Å². The Hall–Kier alpha value is -1.06. The molecule has 0 spiro atoms. The van der Waals surface area contributed by atoms with Gasteiger partial charge in [0.15, 0.2) is 5.82 Å². The summed E-state index contributed by atoms with van der Waals surface area (Å²) in [6.45, 7) is 2.92. The zero-order chi connectivity index (χ0) is 15.0. The number of rotatable bonds is 3.